The summed E-state index contributed by atoms with van der Waals surface area (Å²) >= 11 is 6.06. The fourth-order valence-electron chi connectivity index (χ4n) is 2.97. The molecule has 1 saturated heterocycles. The number of para-hydroxylation sites is 1. The highest BCUT2D eigenvalue weighted by Crippen LogP contribution is 2.32. The van der Waals surface area contributed by atoms with Crippen molar-refractivity contribution in [2.24, 2.45) is 0 Å². The third kappa shape index (κ3) is 5.45. The van der Waals surface area contributed by atoms with Crippen LogP contribution in [0.5, 0.6) is 11.5 Å². The summed E-state index contributed by atoms with van der Waals surface area (Å²) in [5, 5.41) is 3.28. The Bertz CT molecular complexity index is 919. The van der Waals surface area contributed by atoms with Gasteiger partial charge in [-0.2, -0.15) is 0 Å². The summed E-state index contributed by atoms with van der Waals surface area (Å²) in [4.78, 5) is 14.2. The Kier molecular flexibility index (Phi) is 6.04. The Balaban J connectivity index is 1.67. The molecular formula is C19H21ClN2O4S. The van der Waals surface area contributed by atoms with Crippen LogP contribution < -0.4 is 10.1 Å². The van der Waals surface area contributed by atoms with Gasteiger partial charge in [-0.15, -0.1) is 0 Å². The molecule has 1 fully saturated rings. The lowest BCUT2D eigenvalue weighted by molar-refractivity contribution is -0.117. The van der Waals surface area contributed by atoms with Crippen LogP contribution in [0.15, 0.2) is 48.5 Å². The van der Waals surface area contributed by atoms with Gasteiger partial charge in [-0.3, -0.25) is 9.69 Å². The van der Waals surface area contributed by atoms with Crippen LogP contribution in [0.1, 0.15) is 6.42 Å². The van der Waals surface area contributed by atoms with Crippen LogP contribution in [0.2, 0.25) is 5.02 Å². The largest absolute Gasteiger partial charge is 0.455 e. The average Bonchev–Trinajstić information content (AvgIpc) is 2.98. The number of carbonyl (C=O) groups is 1. The number of rotatable bonds is 6. The number of carbonyl (C=O) groups excluding carboxylic acids is 1. The van der Waals surface area contributed by atoms with Crippen LogP contribution in [0.25, 0.3) is 0 Å². The van der Waals surface area contributed by atoms with Crippen LogP contribution in [-0.2, 0) is 14.6 Å². The molecule has 0 radical (unpaired) electrons. The first-order chi connectivity index (χ1) is 12.8. The highest BCUT2D eigenvalue weighted by molar-refractivity contribution is 7.91. The van der Waals surface area contributed by atoms with E-state index in [2.05, 4.69) is 5.32 Å². The lowest BCUT2D eigenvalue weighted by Crippen LogP contribution is -2.38. The number of benzene rings is 2. The molecule has 0 unspecified atom stereocenters. The Hall–Kier alpha value is -2.09. The second-order valence-corrected chi connectivity index (χ2v) is 9.24. The van der Waals surface area contributed by atoms with Gasteiger partial charge in [0.15, 0.2) is 15.6 Å². The first-order valence-corrected chi connectivity index (χ1v) is 10.8. The zero-order chi connectivity index (χ0) is 19.4. The van der Waals surface area contributed by atoms with Crippen molar-refractivity contribution in [3.05, 3.63) is 53.6 Å². The lowest BCUT2D eigenvalue weighted by atomic mass is 10.2. The first-order valence-electron chi connectivity index (χ1n) is 8.55. The summed E-state index contributed by atoms with van der Waals surface area (Å²) in [5.41, 5.74) is 0.462. The fourth-order valence-corrected chi connectivity index (χ4v) is 4.95. The number of hydrogen-bond donors (Lipinski definition) is 1. The monoisotopic (exact) mass is 408 g/mol. The number of amides is 1. The lowest BCUT2D eigenvalue weighted by Gasteiger charge is -2.22. The summed E-state index contributed by atoms with van der Waals surface area (Å²) in [6.45, 7) is 0.0808. The molecular weight excluding hydrogens is 388 g/mol. The molecule has 0 saturated carbocycles. The molecule has 8 heteroatoms. The predicted molar refractivity (Wildman–Crippen MR) is 106 cm³/mol. The number of halogens is 1. The number of likely N-dealkylation sites (N-methyl/N-ethyl adjacent to an activating group) is 1. The van der Waals surface area contributed by atoms with Crippen LogP contribution in [-0.4, -0.2) is 50.4 Å². The summed E-state index contributed by atoms with van der Waals surface area (Å²) in [6, 6.07) is 14.1. The van der Waals surface area contributed by atoms with Crippen LogP contribution in [0, 0.1) is 0 Å². The van der Waals surface area contributed by atoms with E-state index in [9.17, 15) is 13.2 Å². The molecule has 1 atom stereocenters. The molecule has 144 valence electrons. The molecule has 1 heterocycles. The smallest absolute Gasteiger partial charge is 0.238 e. The SMILES string of the molecule is CN(CC(=O)Nc1cc(Cl)ccc1Oc1ccccc1)[C@H]1CCS(=O)(=O)C1. The van der Waals surface area contributed by atoms with E-state index in [0.29, 0.717) is 28.6 Å². The van der Waals surface area contributed by atoms with Gasteiger partial charge in [-0.1, -0.05) is 29.8 Å². The highest BCUT2D eigenvalue weighted by atomic mass is 35.5. The van der Waals surface area contributed by atoms with Crippen LogP contribution in [0.4, 0.5) is 5.69 Å². The maximum atomic E-state index is 12.5. The second kappa shape index (κ2) is 8.29. The molecule has 1 aliphatic rings. The molecule has 2 aromatic carbocycles. The Morgan fingerprint density at radius 3 is 2.67 bits per heavy atom. The number of ether oxygens (including phenoxy) is 1. The number of nitrogens with one attached hydrogen (secondary N) is 1. The zero-order valence-corrected chi connectivity index (χ0v) is 16.5. The van der Waals surface area contributed by atoms with E-state index in [1.807, 2.05) is 30.3 Å². The first kappa shape index (κ1) is 19.7. The fraction of sp³-hybridized carbons (Fsp3) is 0.316. The van der Waals surface area contributed by atoms with E-state index >= 15 is 0 Å². The van der Waals surface area contributed by atoms with Crippen molar-refractivity contribution < 1.29 is 17.9 Å². The summed E-state index contributed by atoms with van der Waals surface area (Å²) in [5.74, 6) is 1.12. The molecule has 0 spiro atoms. The number of nitrogens with zero attached hydrogens (tertiary/aromatic N) is 1. The van der Waals surface area contributed by atoms with Crippen molar-refractivity contribution in [1.29, 1.82) is 0 Å². The summed E-state index contributed by atoms with van der Waals surface area (Å²) < 4.78 is 29.1. The van der Waals surface area contributed by atoms with E-state index in [0.717, 1.165) is 0 Å². The van der Waals surface area contributed by atoms with E-state index in [-0.39, 0.29) is 30.0 Å². The van der Waals surface area contributed by atoms with E-state index in [4.69, 9.17) is 16.3 Å². The molecule has 27 heavy (non-hydrogen) atoms. The third-order valence-electron chi connectivity index (χ3n) is 4.41. The van der Waals surface area contributed by atoms with Gasteiger partial charge in [0.2, 0.25) is 5.91 Å². The summed E-state index contributed by atoms with van der Waals surface area (Å²) in [6.07, 6.45) is 0.547. The minimum atomic E-state index is -2.99. The summed E-state index contributed by atoms with van der Waals surface area (Å²) in [7, 11) is -1.24. The number of anilines is 1. The third-order valence-corrected chi connectivity index (χ3v) is 6.40. The van der Waals surface area contributed by atoms with E-state index < -0.39 is 9.84 Å². The molecule has 1 aliphatic heterocycles. The zero-order valence-electron chi connectivity index (χ0n) is 14.9. The van der Waals surface area contributed by atoms with Crippen molar-refractivity contribution in [1.82, 2.24) is 4.90 Å². The highest BCUT2D eigenvalue weighted by Gasteiger charge is 2.31. The normalized spacial score (nSPS) is 18.4. The molecule has 0 aliphatic carbocycles. The minimum Gasteiger partial charge on any atom is -0.455 e. The molecule has 0 aromatic heterocycles. The Morgan fingerprint density at radius 2 is 2.00 bits per heavy atom. The molecule has 1 N–H and O–H groups in total. The molecule has 1 amide bonds. The molecule has 3 rings (SSSR count). The molecule has 6 nitrogen and oxygen atoms in total. The average molecular weight is 409 g/mol. The van der Waals surface area contributed by atoms with Gasteiger partial charge in [0.1, 0.15) is 5.75 Å². The van der Waals surface area contributed by atoms with Gasteiger partial charge in [0, 0.05) is 11.1 Å². The van der Waals surface area contributed by atoms with Gasteiger partial charge in [-0.25, -0.2) is 8.42 Å². The van der Waals surface area contributed by atoms with Crippen molar-refractivity contribution in [3.8, 4) is 11.5 Å². The topological polar surface area (TPSA) is 75.7 Å². The van der Waals surface area contributed by atoms with Crippen molar-refractivity contribution >= 4 is 33.0 Å². The molecule has 0 bridgehead atoms. The van der Waals surface area contributed by atoms with Gasteiger partial charge in [0.25, 0.3) is 0 Å². The Morgan fingerprint density at radius 1 is 1.26 bits per heavy atom. The van der Waals surface area contributed by atoms with Gasteiger partial charge in [0.05, 0.1) is 23.7 Å². The maximum absolute atomic E-state index is 12.5. The van der Waals surface area contributed by atoms with Crippen molar-refractivity contribution in [2.75, 3.05) is 30.4 Å². The van der Waals surface area contributed by atoms with Gasteiger partial charge >= 0.3 is 0 Å². The molecule has 2 aromatic rings. The Labute approximate surface area is 164 Å². The minimum absolute atomic E-state index is 0.0808. The van der Waals surface area contributed by atoms with Gasteiger partial charge < -0.3 is 10.1 Å². The number of sulfone groups is 1. The van der Waals surface area contributed by atoms with E-state index in [1.54, 1.807) is 30.1 Å². The maximum Gasteiger partial charge on any atom is 0.238 e. The second-order valence-electron chi connectivity index (χ2n) is 6.58. The van der Waals surface area contributed by atoms with Crippen molar-refractivity contribution in [2.45, 2.75) is 12.5 Å². The van der Waals surface area contributed by atoms with Crippen LogP contribution >= 0.6 is 11.6 Å². The standard InChI is InChI=1S/C19H21ClN2O4S/c1-22(15-9-10-27(24,25)13-15)12-19(23)21-17-11-14(20)7-8-18(17)26-16-5-3-2-4-6-16/h2-8,11,15H,9-10,12-13H2,1H3,(H,21,23)/t15-/m0/s1. The van der Waals surface area contributed by atoms with Gasteiger partial charge in [-0.05, 0) is 43.8 Å². The van der Waals surface area contributed by atoms with Crippen molar-refractivity contribution in [3.63, 3.8) is 0 Å². The predicted octanol–water partition coefficient (Wildman–Crippen LogP) is 3.19. The quantitative estimate of drug-likeness (QED) is 0.794. The van der Waals surface area contributed by atoms with E-state index in [1.165, 1.54) is 0 Å². The van der Waals surface area contributed by atoms with Crippen LogP contribution in [0.3, 0.4) is 0 Å². The number of hydrogen-bond acceptors (Lipinski definition) is 5.